The van der Waals surface area contributed by atoms with Gasteiger partial charge in [0, 0.05) is 6.04 Å². The van der Waals surface area contributed by atoms with Gasteiger partial charge in [0.05, 0.1) is 22.9 Å². The summed E-state index contributed by atoms with van der Waals surface area (Å²) in [6.07, 6.45) is 6.39. The molecule has 1 aliphatic rings. The molecule has 98 valence electrons. The number of halogens is 2. The highest BCUT2D eigenvalue weighted by atomic mass is 79.9. The third kappa shape index (κ3) is 3.93. The van der Waals surface area contributed by atoms with Gasteiger partial charge in [0.25, 0.3) is 0 Å². The summed E-state index contributed by atoms with van der Waals surface area (Å²) >= 11 is 9.05. The Balaban J connectivity index is 1.80. The lowest BCUT2D eigenvalue weighted by molar-refractivity contribution is -0.115. The number of aromatic nitrogens is 1. The molecule has 2 N–H and O–H groups in total. The van der Waals surface area contributed by atoms with Crippen molar-refractivity contribution in [3.05, 3.63) is 21.9 Å². The van der Waals surface area contributed by atoms with Gasteiger partial charge in [-0.3, -0.25) is 4.79 Å². The molecule has 1 aliphatic carbocycles. The molecule has 0 aliphatic heterocycles. The zero-order valence-electron chi connectivity index (χ0n) is 9.88. The first kappa shape index (κ1) is 13.8. The van der Waals surface area contributed by atoms with Crippen LogP contribution in [0.2, 0.25) is 5.15 Å². The smallest absolute Gasteiger partial charge is 0.238 e. The van der Waals surface area contributed by atoms with E-state index in [4.69, 9.17) is 11.6 Å². The maximum atomic E-state index is 11.7. The Labute approximate surface area is 120 Å². The SMILES string of the molecule is O=C(CNC1CCCC1)Nc1cnc(Cl)c(Br)c1. The summed E-state index contributed by atoms with van der Waals surface area (Å²) in [5, 5.41) is 6.42. The van der Waals surface area contributed by atoms with E-state index in [1.165, 1.54) is 25.7 Å². The second-order valence-electron chi connectivity index (χ2n) is 4.41. The van der Waals surface area contributed by atoms with E-state index in [2.05, 4.69) is 31.5 Å². The average Bonchev–Trinajstić information content (AvgIpc) is 2.84. The van der Waals surface area contributed by atoms with Crippen LogP contribution in [0, 0.1) is 0 Å². The number of carbonyl (C=O) groups is 1. The van der Waals surface area contributed by atoms with Gasteiger partial charge in [-0.25, -0.2) is 4.98 Å². The Morgan fingerprint density at radius 1 is 1.50 bits per heavy atom. The predicted molar refractivity (Wildman–Crippen MR) is 75.8 cm³/mol. The van der Waals surface area contributed by atoms with Gasteiger partial charge in [0.2, 0.25) is 5.91 Å². The van der Waals surface area contributed by atoms with Crippen molar-refractivity contribution in [1.82, 2.24) is 10.3 Å². The minimum Gasteiger partial charge on any atom is -0.324 e. The van der Waals surface area contributed by atoms with Crippen LogP contribution in [0.5, 0.6) is 0 Å². The molecular weight excluding hydrogens is 318 g/mol. The molecule has 1 aromatic heterocycles. The van der Waals surface area contributed by atoms with Crippen molar-refractivity contribution >= 4 is 39.1 Å². The lowest BCUT2D eigenvalue weighted by Gasteiger charge is -2.11. The predicted octanol–water partition coefficient (Wildman–Crippen LogP) is 2.97. The minimum absolute atomic E-state index is 0.0575. The summed E-state index contributed by atoms with van der Waals surface area (Å²) in [6, 6.07) is 2.23. The van der Waals surface area contributed by atoms with E-state index in [0.29, 0.717) is 27.9 Å². The molecule has 1 aromatic rings. The first-order valence-corrected chi connectivity index (χ1v) is 7.16. The van der Waals surface area contributed by atoms with Gasteiger partial charge in [-0.1, -0.05) is 24.4 Å². The van der Waals surface area contributed by atoms with E-state index >= 15 is 0 Å². The number of nitrogens with one attached hydrogen (secondary N) is 2. The van der Waals surface area contributed by atoms with Crippen LogP contribution in [-0.2, 0) is 4.79 Å². The van der Waals surface area contributed by atoms with Crippen LogP contribution in [0.4, 0.5) is 5.69 Å². The maximum absolute atomic E-state index is 11.7. The van der Waals surface area contributed by atoms with Crippen molar-refractivity contribution in [3.8, 4) is 0 Å². The summed E-state index contributed by atoms with van der Waals surface area (Å²) in [6.45, 7) is 0.338. The van der Waals surface area contributed by atoms with E-state index < -0.39 is 0 Å². The van der Waals surface area contributed by atoms with Crippen molar-refractivity contribution in [1.29, 1.82) is 0 Å². The van der Waals surface area contributed by atoms with Gasteiger partial charge < -0.3 is 10.6 Å². The second kappa shape index (κ2) is 6.50. The molecule has 6 heteroatoms. The highest BCUT2D eigenvalue weighted by Gasteiger charge is 2.15. The number of carbonyl (C=O) groups excluding carboxylic acids is 1. The number of amides is 1. The summed E-state index contributed by atoms with van der Waals surface area (Å²) in [5.74, 6) is -0.0575. The lowest BCUT2D eigenvalue weighted by atomic mass is 10.2. The zero-order valence-corrected chi connectivity index (χ0v) is 12.2. The first-order chi connectivity index (χ1) is 8.65. The normalized spacial score (nSPS) is 15.9. The van der Waals surface area contributed by atoms with Crippen LogP contribution in [0.15, 0.2) is 16.7 Å². The van der Waals surface area contributed by atoms with Crippen LogP contribution in [0.3, 0.4) is 0 Å². The molecule has 1 fully saturated rings. The Bertz CT molecular complexity index is 435. The van der Waals surface area contributed by atoms with E-state index in [-0.39, 0.29) is 5.91 Å². The van der Waals surface area contributed by atoms with Gasteiger partial charge in [-0.2, -0.15) is 0 Å². The summed E-state index contributed by atoms with van der Waals surface area (Å²) in [5.41, 5.74) is 0.643. The molecule has 0 aromatic carbocycles. The molecule has 1 heterocycles. The van der Waals surface area contributed by atoms with E-state index in [9.17, 15) is 4.79 Å². The molecule has 18 heavy (non-hydrogen) atoms. The minimum atomic E-state index is -0.0575. The zero-order chi connectivity index (χ0) is 13.0. The standard InChI is InChI=1S/C12H15BrClN3O/c13-10-5-9(6-16-12(10)14)17-11(18)7-15-8-3-1-2-4-8/h5-6,8,15H,1-4,7H2,(H,17,18). The topological polar surface area (TPSA) is 54.0 Å². The van der Waals surface area contributed by atoms with E-state index in [0.717, 1.165) is 0 Å². The van der Waals surface area contributed by atoms with Crippen LogP contribution in [0.1, 0.15) is 25.7 Å². The van der Waals surface area contributed by atoms with Crippen LogP contribution >= 0.6 is 27.5 Å². The van der Waals surface area contributed by atoms with Gasteiger partial charge in [0.1, 0.15) is 5.15 Å². The Morgan fingerprint density at radius 2 is 2.22 bits per heavy atom. The lowest BCUT2D eigenvalue weighted by Crippen LogP contribution is -2.34. The number of hydrogen-bond donors (Lipinski definition) is 2. The monoisotopic (exact) mass is 331 g/mol. The Kier molecular flexibility index (Phi) is 4.97. The highest BCUT2D eigenvalue weighted by molar-refractivity contribution is 9.10. The van der Waals surface area contributed by atoms with Crippen molar-refractivity contribution in [3.63, 3.8) is 0 Å². The fourth-order valence-corrected chi connectivity index (χ4v) is 2.51. The van der Waals surface area contributed by atoms with Crippen LogP contribution in [0.25, 0.3) is 0 Å². The molecule has 2 rings (SSSR count). The molecular formula is C12H15BrClN3O. The highest BCUT2D eigenvalue weighted by Crippen LogP contribution is 2.22. The number of anilines is 1. The molecule has 1 amide bonds. The molecule has 4 nitrogen and oxygen atoms in total. The van der Waals surface area contributed by atoms with Crippen molar-refractivity contribution in [2.75, 3.05) is 11.9 Å². The fraction of sp³-hybridized carbons (Fsp3) is 0.500. The molecule has 0 radical (unpaired) electrons. The molecule has 0 spiro atoms. The quantitative estimate of drug-likeness (QED) is 0.834. The molecule has 0 saturated heterocycles. The Hall–Kier alpha value is -0.650. The van der Waals surface area contributed by atoms with Crippen LogP contribution in [-0.4, -0.2) is 23.5 Å². The average molecular weight is 333 g/mol. The number of pyridine rings is 1. The van der Waals surface area contributed by atoms with E-state index in [1.807, 2.05) is 0 Å². The largest absolute Gasteiger partial charge is 0.324 e. The Morgan fingerprint density at radius 3 is 2.89 bits per heavy atom. The number of hydrogen-bond acceptors (Lipinski definition) is 3. The first-order valence-electron chi connectivity index (χ1n) is 5.99. The summed E-state index contributed by atoms with van der Waals surface area (Å²) in [4.78, 5) is 15.7. The molecule has 0 atom stereocenters. The van der Waals surface area contributed by atoms with Crippen molar-refractivity contribution in [2.45, 2.75) is 31.7 Å². The number of rotatable bonds is 4. The van der Waals surface area contributed by atoms with Gasteiger partial charge in [0.15, 0.2) is 0 Å². The molecule has 0 unspecified atom stereocenters. The van der Waals surface area contributed by atoms with Gasteiger partial charge in [-0.15, -0.1) is 0 Å². The van der Waals surface area contributed by atoms with Crippen molar-refractivity contribution < 1.29 is 4.79 Å². The summed E-state index contributed by atoms with van der Waals surface area (Å²) in [7, 11) is 0. The molecule has 1 saturated carbocycles. The third-order valence-corrected chi connectivity index (χ3v) is 4.12. The van der Waals surface area contributed by atoms with Crippen molar-refractivity contribution in [2.24, 2.45) is 0 Å². The number of nitrogens with zero attached hydrogens (tertiary/aromatic N) is 1. The van der Waals surface area contributed by atoms with Crippen LogP contribution < -0.4 is 10.6 Å². The van der Waals surface area contributed by atoms with Gasteiger partial charge in [-0.05, 0) is 34.8 Å². The fourth-order valence-electron chi connectivity index (χ4n) is 2.06. The van der Waals surface area contributed by atoms with E-state index in [1.54, 1.807) is 12.3 Å². The maximum Gasteiger partial charge on any atom is 0.238 e. The van der Waals surface area contributed by atoms with Gasteiger partial charge >= 0.3 is 0 Å². The molecule has 0 bridgehead atoms. The second-order valence-corrected chi connectivity index (χ2v) is 5.62. The summed E-state index contributed by atoms with van der Waals surface area (Å²) < 4.78 is 0.672. The third-order valence-electron chi connectivity index (χ3n) is 2.99.